The van der Waals surface area contributed by atoms with Gasteiger partial charge in [-0.3, -0.25) is 4.68 Å². The van der Waals surface area contributed by atoms with Crippen molar-refractivity contribution < 1.29 is 4.39 Å². The maximum atomic E-state index is 13.5. The Kier molecular flexibility index (Phi) is 4.65. The highest BCUT2D eigenvalue weighted by molar-refractivity contribution is 5.33. The number of nitrogens with one attached hydrogen (secondary N) is 1. The zero-order valence-electron chi connectivity index (χ0n) is 10.5. The highest BCUT2D eigenvalue weighted by Crippen LogP contribution is 2.09. The molecule has 0 radical (unpaired) electrons. The fraction of sp³-hybridized carbons (Fsp3) is 0.286. The molecule has 0 unspecified atom stereocenters. The van der Waals surface area contributed by atoms with Gasteiger partial charge in [-0.2, -0.15) is 10.4 Å². The number of nitrogens with zero attached hydrogens (tertiary/aromatic N) is 3. The standard InChI is InChI=1S/C14H15FN4/c15-14-4-3-12(10-16)9-13(14)11-17-5-1-7-19-8-2-6-18-19/h2-4,6,8-9,17H,1,5,7,11H2. The van der Waals surface area contributed by atoms with E-state index >= 15 is 0 Å². The summed E-state index contributed by atoms with van der Waals surface area (Å²) in [6.45, 7) is 2.04. The van der Waals surface area contributed by atoms with Crippen LogP contribution in [0, 0.1) is 17.1 Å². The molecule has 0 saturated carbocycles. The molecule has 0 amide bonds. The fourth-order valence-electron chi connectivity index (χ4n) is 1.80. The van der Waals surface area contributed by atoms with Gasteiger partial charge in [0.05, 0.1) is 11.6 Å². The van der Waals surface area contributed by atoms with Crippen LogP contribution in [0.25, 0.3) is 0 Å². The molecule has 0 spiro atoms. The molecule has 0 saturated heterocycles. The Morgan fingerprint density at radius 3 is 3.05 bits per heavy atom. The minimum Gasteiger partial charge on any atom is -0.312 e. The van der Waals surface area contributed by atoms with Crippen LogP contribution >= 0.6 is 0 Å². The van der Waals surface area contributed by atoms with E-state index in [9.17, 15) is 4.39 Å². The summed E-state index contributed by atoms with van der Waals surface area (Å²) < 4.78 is 15.3. The SMILES string of the molecule is N#Cc1ccc(F)c(CNCCCn2cccn2)c1. The lowest BCUT2D eigenvalue weighted by Crippen LogP contribution is -2.17. The molecule has 2 aromatic rings. The van der Waals surface area contributed by atoms with E-state index in [0.29, 0.717) is 17.7 Å². The second-order valence-electron chi connectivity index (χ2n) is 4.22. The maximum Gasteiger partial charge on any atom is 0.127 e. The predicted molar refractivity (Wildman–Crippen MR) is 69.7 cm³/mol. The highest BCUT2D eigenvalue weighted by Gasteiger charge is 2.03. The van der Waals surface area contributed by atoms with Crippen molar-refractivity contribution in [2.45, 2.75) is 19.5 Å². The Labute approximate surface area is 111 Å². The van der Waals surface area contributed by atoms with E-state index in [-0.39, 0.29) is 5.82 Å². The van der Waals surface area contributed by atoms with E-state index in [0.717, 1.165) is 19.5 Å². The Morgan fingerprint density at radius 1 is 1.42 bits per heavy atom. The topological polar surface area (TPSA) is 53.6 Å². The van der Waals surface area contributed by atoms with Crippen molar-refractivity contribution in [1.82, 2.24) is 15.1 Å². The first kappa shape index (κ1) is 13.2. The van der Waals surface area contributed by atoms with Gasteiger partial charge in [0.25, 0.3) is 0 Å². The second-order valence-corrected chi connectivity index (χ2v) is 4.22. The van der Waals surface area contributed by atoms with Crippen molar-refractivity contribution in [3.05, 3.63) is 53.6 Å². The lowest BCUT2D eigenvalue weighted by atomic mass is 10.1. The summed E-state index contributed by atoms with van der Waals surface area (Å²) in [5.74, 6) is -0.279. The summed E-state index contributed by atoms with van der Waals surface area (Å²) in [5, 5.41) is 16.0. The lowest BCUT2D eigenvalue weighted by Gasteiger charge is -2.06. The minimum absolute atomic E-state index is 0.279. The maximum absolute atomic E-state index is 13.5. The van der Waals surface area contributed by atoms with Crippen LogP contribution in [0.3, 0.4) is 0 Å². The highest BCUT2D eigenvalue weighted by atomic mass is 19.1. The average Bonchev–Trinajstić information content (AvgIpc) is 2.93. The third kappa shape index (κ3) is 3.90. The third-order valence-electron chi connectivity index (χ3n) is 2.79. The van der Waals surface area contributed by atoms with Gasteiger partial charge < -0.3 is 5.32 Å². The first-order valence-electron chi connectivity index (χ1n) is 6.16. The molecule has 19 heavy (non-hydrogen) atoms. The fourth-order valence-corrected chi connectivity index (χ4v) is 1.80. The van der Waals surface area contributed by atoms with E-state index < -0.39 is 0 Å². The quantitative estimate of drug-likeness (QED) is 0.807. The van der Waals surface area contributed by atoms with Gasteiger partial charge in [-0.1, -0.05) is 0 Å². The molecular formula is C14H15FN4. The Morgan fingerprint density at radius 2 is 2.32 bits per heavy atom. The average molecular weight is 258 g/mol. The molecule has 1 aromatic carbocycles. The zero-order valence-corrected chi connectivity index (χ0v) is 10.5. The van der Waals surface area contributed by atoms with Gasteiger partial charge in [0.1, 0.15) is 5.82 Å². The molecule has 0 aliphatic carbocycles. The van der Waals surface area contributed by atoms with Gasteiger partial charge in [0.2, 0.25) is 0 Å². The molecule has 0 aliphatic heterocycles. The molecule has 0 bridgehead atoms. The summed E-state index contributed by atoms with van der Waals surface area (Å²) >= 11 is 0. The number of hydrogen-bond donors (Lipinski definition) is 1. The van der Waals surface area contributed by atoms with Gasteiger partial charge in [0.15, 0.2) is 0 Å². The summed E-state index contributed by atoms with van der Waals surface area (Å²) in [7, 11) is 0. The number of rotatable bonds is 6. The predicted octanol–water partition coefficient (Wildman–Crippen LogP) is 2.07. The van der Waals surface area contributed by atoms with Gasteiger partial charge in [-0.25, -0.2) is 4.39 Å². The third-order valence-corrected chi connectivity index (χ3v) is 2.79. The summed E-state index contributed by atoms with van der Waals surface area (Å²) in [6.07, 6.45) is 4.58. The van der Waals surface area contributed by atoms with Gasteiger partial charge >= 0.3 is 0 Å². The molecule has 2 rings (SSSR count). The summed E-state index contributed by atoms with van der Waals surface area (Å²) in [6, 6.07) is 8.29. The smallest absolute Gasteiger partial charge is 0.127 e. The van der Waals surface area contributed by atoms with Crippen LogP contribution in [0.4, 0.5) is 4.39 Å². The van der Waals surface area contributed by atoms with E-state index in [2.05, 4.69) is 10.4 Å². The largest absolute Gasteiger partial charge is 0.312 e. The summed E-state index contributed by atoms with van der Waals surface area (Å²) in [4.78, 5) is 0. The van der Waals surface area contributed by atoms with Crippen molar-refractivity contribution in [1.29, 1.82) is 5.26 Å². The van der Waals surface area contributed by atoms with Crippen LogP contribution < -0.4 is 5.32 Å². The van der Waals surface area contributed by atoms with Crippen molar-refractivity contribution in [2.75, 3.05) is 6.54 Å². The molecular weight excluding hydrogens is 243 g/mol. The Bertz CT molecular complexity index is 557. The molecule has 1 N–H and O–H groups in total. The lowest BCUT2D eigenvalue weighted by molar-refractivity contribution is 0.533. The van der Waals surface area contributed by atoms with E-state index in [4.69, 9.17) is 5.26 Å². The number of aryl methyl sites for hydroxylation is 1. The number of halogens is 1. The van der Waals surface area contributed by atoms with Gasteiger partial charge in [-0.05, 0) is 37.2 Å². The van der Waals surface area contributed by atoms with Gasteiger partial charge in [0, 0.05) is 31.0 Å². The number of nitriles is 1. The zero-order chi connectivity index (χ0) is 13.5. The van der Waals surface area contributed by atoms with Crippen LogP contribution in [0.1, 0.15) is 17.5 Å². The van der Waals surface area contributed by atoms with Crippen LogP contribution in [-0.2, 0) is 13.1 Å². The van der Waals surface area contributed by atoms with Crippen molar-refractivity contribution in [3.63, 3.8) is 0 Å². The second kappa shape index (κ2) is 6.66. The monoisotopic (exact) mass is 258 g/mol. The first-order chi connectivity index (χ1) is 9.29. The molecule has 0 atom stereocenters. The normalized spacial score (nSPS) is 10.3. The van der Waals surface area contributed by atoms with E-state index in [1.807, 2.05) is 23.0 Å². The molecule has 1 aromatic heterocycles. The molecule has 5 heteroatoms. The Balaban J connectivity index is 1.75. The molecule has 1 heterocycles. The van der Waals surface area contributed by atoms with Crippen molar-refractivity contribution in [2.24, 2.45) is 0 Å². The summed E-state index contributed by atoms with van der Waals surface area (Å²) in [5.41, 5.74) is 1.01. The van der Waals surface area contributed by atoms with Crippen LogP contribution in [0.5, 0.6) is 0 Å². The minimum atomic E-state index is -0.279. The molecule has 4 nitrogen and oxygen atoms in total. The van der Waals surface area contributed by atoms with E-state index in [1.54, 1.807) is 12.3 Å². The van der Waals surface area contributed by atoms with E-state index in [1.165, 1.54) is 12.1 Å². The number of benzene rings is 1. The van der Waals surface area contributed by atoms with Crippen LogP contribution in [0.15, 0.2) is 36.7 Å². The van der Waals surface area contributed by atoms with Crippen molar-refractivity contribution in [3.8, 4) is 6.07 Å². The molecule has 0 aliphatic rings. The van der Waals surface area contributed by atoms with Crippen LogP contribution in [0.2, 0.25) is 0 Å². The van der Waals surface area contributed by atoms with Gasteiger partial charge in [-0.15, -0.1) is 0 Å². The molecule has 0 fully saturated rings. The Hall–Kier alpha value is -2.19. The first-order valence-corrected chi connectivity index (χ1v) is 6.16. The number of aromatic nitrogens is 2. The number of hydrogen-bond acceptors (Lipinski definition) is 3. The molecule has 98 valence electrons. The van der Waals surface area contributed by atoms with Crippen LogP contribution in [-0.4, -0.2) is 16.3 Å². The van der Waals surface area contributed by atoms with Crippen molar-refractivity contribution >= 4 is 0 Å².